The molecule has 19 heavy (non-hydrogen) atoms. The van der Waals surface area contributed by atoms with Crippen molar-refractivity contribution in [3.8, 4) is 0 Å². The molecule has 0 aromatic heterocycles. The van der Waals surface area contributed by atoms with Crippen molar-refractivity contribution in [1.29, 1.82) is 0 Å². The molecule has 0 aliphatic carbocycles. The Balaban J connectivity index is 1.81. The Morgan fingerprint density at radius 3 is 3.11 bits per heavy atom. The summed E-state index contributed by atoms with van der Waals surface area (Å²) >= 11 is 3.36. The molecule has 2 rings (SSSR count). The molecule has 1 saturated heterocycles. The van der Waals surface area contributed by atoms with Crippen molar-refractivity contribution < 1.29 is 13.9 Å². The van der Waals surface area contributed by atoms with Gasteiger partial charge in [-0.1, -0.05) is 15.9 Å². The van der Waals surface area contributed by atoms with E-state index in [1.54, 1.807) is 6.07 Å². The van der Waals surface area contributed by atoms with Crippen LogP contribution < -0.4 is 5.32 Å². The fraction of sp³-hybridized carbons (Fsp3) is 0.500. The molecule has 0 bridgehead atoms. The van der Waals surface area contributed by atoms with Crippen molar-refractivity contribution in [1.82, 2.24) is 5.32 Å². The van der Waals surface area contributed by atoms with Gasteiger partial charge in [0.2, 0.25) is 5.91 Å². The number of benzene rings is 1. The summed E-state index contributed by atoms with van der Waals surface area (Å²) in [5, 5.41) is 2.95. The van der Waals surface area contributed by atoms with E-state index in [1.165, 1.54) is 12.1 Å². The van der Waals surface area contributed by atoms with E-state index >= 15 is 0 Å². The number of nitrogens with one attached hydrogen (secondary N) is 1. The second kappa shape index (κ2) is 7.01. The predicted molar refractivity (Wildman–Crippen MR) is 74.4 cm³/mol. The van der Waals surface area contributed by atoms with Crippen LogP contribution in [-0.2, 0) is 16.0 Å². The third kappa shape index (κ3) is 4.58. The maximum Gasteiger partial charge on any atom is 0.220 e. The highest BCUT2D eigenvalue weighted by atomic mass is 79.9. The van der Waals surface area contributed by atoms with Gasteiger partial charge in [0.25, 0.3) is 0 Å². The molecule has 1 aliphatic rings. The van der Waals surface area contributed by atoms with Crippen LogP contribution in [0.2, 0.25) is 0 Å². The first-order valence-electron chi connectivity index (χ1n) is 6.46. The van der Waals surface area contributed by atoms with Crippen molar-refractivity contribution in [2.75, 3.05) is 13.2 Å². The number of ether oxygens (including phenoxy) is 1. The first-order chi connectivity index (χ1) is 9.15. The number of carbonyl (C=O) groups excluding carboxylic acids is 1. The zero-order valence-electron chi connectivity index (χ0n) is 10.6. The minimum absolute atomic E-state index is 0.00772. The molecule has 3 nitrogen and oxygen atoms in total. The van der Waals surface area contributed by atoms with E-state index in [-0.39, 0.29) is 17.8 Å². The van der Waals surface area contributed by atoms with Crippen LogP contribution in [-0.4, -0.2) is 25.2 Å². The number of carbonyl (C=O) groups is 1. The number of aryl methyl sites for hydroxylation is 1. The summed E-state index contributed by atoms with van der Waals surface area (Å²) in [7, 11) is 0. The first-order valence-corrected chi connectivity index (χ1v) is 7.25. The second-order valence-corrected chi connectivity index (χ2v) is 5.57. The van der Waals surface area contributed by atoms with Gasteiger partial charge >= 0.3 is 0 Å². The summed E-state index contributed by atoms with van der Waals surface area (Å²) < 4.78 is 19.3. The van der Waals surface area contributed by atoms with Crippen LogP contribution in [0.3, 0.4) is 0 Å². The normalized spacial score (nSPS) is 19.2. The van der Waals surface area contributed by atoms with Gasteiger partial charge in [0.05, 0.1) is 12.6 Å². The maximum atomic E-state index is 13.1. The van der Waals surface area contributed by atoms with Crippen LogP contribution in [0, 0.1) is 5.82 Å². The molecule has 1 N–H and O–H groups in total. The molecular weight excluding hydrogens is 313 g/mol. The van der Waals surface area contributed by atoms with Gasteiger partial charge in [-0.3, -0.25) is 4.79 Å². The molecule has 0 spiro atoms. The molecule has 0 radical (unpaired) electrons. The van der Waals surface area contributed by atoms with Gasteiger partial charge in [-0.15, -0.1) is 0 Å². The Morgan fingerprint density at radius 1 is 1.53 bits per heavy atom. The Morgan fingerprint density at radius 2 is 2.37 bits per heavy atom. The molecule has 5 heteroatoms. The van der Waals surface area contributed by atoms with E-state index in [2.05, 4.69) is 21.2 Å². The lowest BCUT2D eigenvalue weighted by Crippen LogP contribution is -2.40. The molecule has 1 fully saturated rings. The number of hydrogen-bond donors (Lipinski definition) is 1. The molecular formula is C14H17BrFNO2. The Labute approximate surface area is 120 Å². The zero-order chi connectivity index (χ0) is 13.7. The van der Waals surface area contributed by atoms with Crippen LogP contribution in [0.15, 0.2) is 22.7 Å². The predicted octanol–water partition coefficient (Wildman–Crippen LogP) is 2.82. The second-order valence-electron chi connectivity index (χ2n) is 4.72. The molecule has 0 unspecified atom stereocenters. The topological polar surface area (TPSA) is 38.3 Å². The van der Waals surface area contributed by atoms with Gasteiger partial charge in [0.15, 0.2) is 0 Å². The minimum atomic E-state index is -0.278. The van der Waals surface area contributed by atoms with Crippen molar-refractivity contribution in [2.45, 2.75) is 31.7 Å². The molecule has 1 aromatic carbocycles. The van der Waals surface area contributed by atoms with Crippen molar-refractivity contribution >= 4 is 21.8 Å². The average molecular weight is 330 g/mol. The fourth-order valence-electron chi connectivity index (χ4n) is 2.14. The van der Waals surface area contributed by atoms with Crippen LogP contribution in [0.25, 0.3) is 0 Å². The summed E-state index contributed by atoms with van der Waals surface area (Å²) in [6.45, 7) is 1.37. The minimum Gasteiger partial charge on any atom is -0.379 e. The van der Waals surface area contributed by atoms with Gasteiger partial charge < -0.3 is 10.1 Å². The fourth-order valence-corrected chi connectivity index (χ4v) is 2.58. The maximum absolute atomic E-state index is 13.1. The Bertz CT molecular complexity index is 447. The SMILES string of the molecule is O=C(CCc1cc(F)ccc1Br)N[C@H]1CCCOC1. The van der Waals surface area contributed by atoms with Gasteiger partial charge in [0, 0.05) is 17.5 Å². The summed E-state index contributed by atoms with van der Waals surface area (Å²) in [4.78, 5) is 11.8. The summed E-state index contributed by atoms with van der Waals surface area (Å²) in [5.41, 5.74) is 0.815. The number of hydrogen-bond acceptors (Lipinski definition) is 2. The van der Waals surface area contributed by atoms with E-state index in [0.717, 1.165) is 29.5 Å². The highest BCUT2D eigenvalue weighted by Gasteiger charge is 2.16. The quantitative estimate of drug-likeness (QED) is 0.922. The lowest BCUT2D eigenvalue weighted by molar-refractivity contribution is -0.122. The van der Waals surface area contributed by atoms with Gasteiger partial charge in [0.1, 0.15) is 5.82 Å². The van der Waals surface area contributed by atoms with Gasteiger partial charge in [-0.05, 0) is 43.0 Å². The summed E-state index contributed by atoms with van der Waals surface area (Å²) in [6, 6.07) is 4.64. The molecule has 1 heterocycles. The zero-order valence-corrected chi connectivity index (χ0v) is 12.2. The van der Waals surface area contributed by atoms with Crippen LogP contribution in [0.5, 0.6) is 0 Å². The van der Waals surface area contributed by atoms with Crippen molar-refractivity contribution in [3.05, 3.63) is 34.1 Å². The van der Waals surface area contributed by atoms with Crippen LogP contribution in [0.1, 0.15) is 24.8 Å². The highest BCUT2D eigenvalue weighted by Crippen LogP contribution is 2.19. The Hall–Kier alpha value is -0.940. The van der Waals surface area contributed by atoms with Crippen LogP contribution >= 0.6 is 15.9 Å². The number of halogens is 2. The largest absolute Gasteiger partial charge is 0.379 e. The van der Waals surface area contributed by atoms with Crippen LogP contribution in [0.4, 0.5) is 4.39 Å². The van der Waals surface area contributed by atoms with E-state index in [0.29, 0.717) is 19.4 Å². The Kier molecular flexibility index (Phi) is 5.34. The molecule has 1 aliphatic heterocycles. The first kappa shape index (κ1) is 14.5. The van der Waals surface area contributed by atoms with Gasteiger partial charge in [-0.25, -0.2) is 4.39 Å². The monoisotopic (exact) mass is 329 g/mol. The van der Waals surface area contributed by atoms with E-state index in [4.69, 9.17) is 4.74 Å². The molecule has 1 aromatic rings. The van der Waals surface area contributed by atoms with E-state index < -0.39 is 0 Å². The average Bonchev–Trinajstić information content (AvgIpc) is 2.41. The molecule has 1 atom stereocenters. The highest BCUT2D eigenvalue weighted by molar-refractivity contribution is 9.10. The smallest absolute Gasteiger partial charge is 0.220 e. The van der Waals surface area contributed by atoms with E-state index in [1.807, 2.05) is 0 Å². The lowest BCUT2D eigenvalue weighted by atomic mass is 10.1. The third-order valence-electron chi connectivity index (χ3n) is 3.15. The third-order valence-corrected chi connectivity index (χ3v) is 3.93. The van der Waals surface area contributed by atoms with Crippen molar-refractivity contribution in [3.63, 3.8) is 0 Å². The standard InChI is InChI=1S/C14H17BrFNO2/c15-13-5-4-11(16)8-10(13)3-6-14(18)17-12-2-1-7-19-9-12/h4-5,8,12H,1-3,6-7,9H2,(H,17,18)/t12-/m0/s1. The lowest BCUT2D eigenvalue weighted by Gasteiger charge is -2.23. The van der Waals surface area contributed by atoms with Crippen molar-refractivity contribution in [2.24, 2.45) is 0 Å². The summed E-state index contributed by atoms with van der Waals surface area (Å²) in [6.07, 6.45) is 2.84. The molecule has 0 saturated carbocycles. The molecule has 1 amide bonds. The van der Waals surface area contributed by atoms with E-state index in [9.17, 15) is 9.18 Å². The molecule has 104 valence electrons. The number of rotatable bonds is 4. The number of amides is 1. The summed E-state index contributed by atoms with van der Waals surface area (Å²) in [5.74, 6) is -0.286. The van der Waals surface area contributed by atoms with Gasteiger partial charge in [-0.2, -0.15) is 0 Å².